The van der Waals surface area contributed by atoms with Crippen molar-refractivity contribution < 1.29 is 0 Å². The SMILES string of the molecule is CC/C(C)=C\C#N. The van der Waals surface area contributed by atoms with Gasteiger partial charge in [-0.3, -0.25) is 0 Å². The Labute approximate surface area is 44.3 Å². The van der Waals surface area contributed by atoms with Gasteiger partial charge in [-0.15, -0.1) is 0 Å². The second-order valence-corrected chi connectivity index (χ2v) is 1.47. The zero-order valence-corrected chi connectivity index (χ0v) is 4.73. The summed E-state index contributed by atoms with van der Waals surface area (Å²) in [5, 5.41) is 8.04. The minimum absolute atomic E-state index is 0.980. The Morgan fingerprint density at radius 1 is 1.86 bits per heavy atom. The summed E-state index contributed by atoms with van der Waals surface area (Å²) in [7, 11) is 0. The van der Waals surface area contributed by atoms with E-state index in [-0.39, 0.29) is 0 Å². The number of allylic oxidation sites excluding steroid dienone is 2. The molecule has 0 aliphatic heterocycles. The highest BCUT2D eigenvalue weighted by molar-refractivity contribution is 5.10. The van der Waals surface area contributed by atoms with Crippen LogP contribution in [0.3, 0.4) is 0 Å². The number of hydrogen-bond acceptors (Lipinski definition) is 1. The van der Waals surface area contributed by atoms with Crippen molar-refractivity contribution in [3.8, 4) is 6.07 Å². The van der Waals surface area contributed by atoms with Gasteiger partial charge in [-0.05, 0) is 13.3 Å². The topological polar surface area (TPSA) is 23.8 Å². The van der Waals surface area contributed by atoms with E-state index >= 15 is 0 Å². The smallest absolute Gasteiger partial charge is 0.0911 e. The molecule has 0 aliphatic carbocycles. The van der Waals surface area contributed by atoms with Crippen molar-refractivity contribution >= 4 is 0 Å². The van der Waals surface area contributed by atoms with Crippen molar-refractivity contribution in [2.75, 3.05) is 0 Å². The van der Waals surface area contributed by atoms with Crippen molar-refractivity contribution in [1.82, 2.24) is 0 Å². The normalized spacial score (nSPS) is 10.7. The first-order valence-corrected chi connectivity index (χ1v) is 2.36. The first kappa shape index (κ1) is 6.23. The lowest BCUT2D eigenvalue weighted by molar-refractivity contribution is 1.10. The van der Waals surface area contributed by atoms with E-state index in [1.165, 1.54) is 0 Å². The molecule has 0 heterocycles. The molecule has 0 radical (unpaired) electrons. The average Bonchev–Trinajstić information content (AvgIpc) is 1.68. The molecular formula is C6H9N. The van der Waals surface area contributed by atoms with Crippen molar-refractivity contribution in [2.45, 2.75) is 20.3 Å². The van der Waals surface area contributed by atoms with Crippen molar-refractivity contribution in [2.24, 2.45) is 0 Å². The molecule has 0 unspecified atom stereocenters. The molecule has 0 saturated heterocycles. The van der Waals surface area contributed by atoms with Crippen LogP contribution in [0.2, 0.25) is 0 Å². The Bertz CT molecular complexity index is 106. The summed E-state index contributed by atoms with van der Waals surface area (Å²) >= 11 is 0. The predicted octanol–water partition coefficient (Wildman–Crippen LogP) is 1.87. The first-order chi connectivity index (χ1) is 3.31. The molecule has 38 valence electrons. The maximum absolute atomic E-state index is 8.04. The lowest BCUT2D eigenvalue weighted by Crippen LogP contribution is -1.65. The van der Waals surface area contributed by atoms with Crippen LogP contribution in [0, 0.1) is 11.3 Å². The van der Waals surface area contributed by atoms with Crippen LogP contribution >= 0.6 is 0 Å². The zero-order valence-electron chi connectivity index (χ0n) is 4.73. The van der Waals surface area contributed by atoms with Crippen LogP contribution in [0.1, 0.15) is 20.3 Å². The van der Waals surface area contributed by atoms with Crippen LogP contribution in [0.5, 0.6) is 0 Å². The number of rotatable bonds is 1. The molecule has 7 heavy (non-hydrogen) atoms. The minimum atomic E-state index is 0.980. The summed E-state index contributed by atoms with van der Waals surface area (Å²) < 4.78 is 0. The van der Waals surface area contributed by atoms with Crippen molar-refractivity contribution in [3.63, 3.8) is 0 Å². The van der Waals surface area contributed by atoms with E-state index in [0.717, 1.165) is 12.0 Å². The molecule has 0 aromatic rings. The monoisotopic (exact) mass is 95.1 g/mol. The largest absolute Gasteiger partial charge is 0.193 e. The third-order valence-electron chi connectivity index (χ3n) is 0.869. The summed E-state index contributed by atoms with van der Waals surface area (Å²) in [6.07, 6.45) is 2.55. The first-order valence-electron chi connectivity index (χ1n) is 2.36. The maximum Gasteiger partial charge on any atom is 0.0911 e. The lowest BCUT2D eigenvalue weighted by atomic mass is 10.2. The molecule has 0 rings (SSSR count). The van der Waals surface area contributed by atoms with E-state index < -0.39 is 0 Å². The molecule has 0 saturated carbocycles. The van der Waals surface area contributed by atoms with E-state index in [1.807, 2.05) is 19.9 Å². The van der Waals surface area contributed by atoms with Crippen LogP contribution in [-0.2, 0) is 0 Å². The van der Waals surface area contributed by atoms with Gasteiger partial charge in [-0.1, -0.05) is 12.5 Å². The van der Waals surface area contributed by atoms with Gasteiger partial charge in [0.2, 0.25) is 0 Å². The second kappa shape index (κ2) is 3.42. The molecule has 0 aromatic carbocycles. The molecule has 1 heteroatoms. The third-order valence-corrected chi connectivity index (χ3v) is 0.869. The Hall–Kier alpha value is -0.770. The second-order valence-electron chi connectivity index (χ2n) is 1.47. The summed E-state index contributed by atoms with van der Waals surface area (Å²) in [6.45, 7) is 3.98. The quantitative estimate of drug-likeness (QED) is 0.456. The standard InChI is InChI=1S/C6H9N/c1-3-6(2)4-5-7/h4H,3H2,1-2H3/b6-4-. The van der Waals surface area contributed by atoms with Crippen molar-refractivity contribution in [1.29, 1.82) is 5.26 Å². The van der Waals surface area contributed by atoms with Crippen LogP contribution in [0.4, 0.5) is 0 Å². The van der Waals surface area contributed by atoms with Crippen LogP contribution in [0.15, 0.2) is 11.6 Å². The summed E-state index contributed by atoms with van der Waals surface area (Å²) in [5.41, 5.74) is 1.14. The van der Waals surface area contributed by atoms with Gasteiger partial charge < -0.3 is 0 Å². The Morgan fingerprint density at radius 3 is 2.57 bits per heavy atom. The van der Waals surface area contributed by atoms with Gasteiger partial charge in [-0.25, -0.2) is 0 Å². The zero-order chi connectivity index (χ0) is 5.70. The molecule has 0 spiro atoms. The summed E-state index contributed by atoms with van der Waals surface area (Å²) in [4.78, 5) is 0. The Kier molecular flexibility index (Phi) is 3.04. The third kappa shape index (κ3) is 3.05. The number of nitrogens with zero attached hydrogens (tertiary/aromatic N) is 1. The Balaban J connectivity index is 3.56. The highest BCUT2D eigenvalue weighted by atomic mass is 14.2. The minimum Gasteiger partial charge on any atom is -0.193 e. The van der Waals surface area contributed by atoms with Crippen molar-refractivity contribution in [3.05, 3.63) is 11.6 Å². The van der Waals surface area contributed by atoms with Crippen LogP contribution < -0.4 is 0 Å². The fraction of sp³-hybridized carbons (Fsp3) is 0.500. The molecule has 0 amide bonds. The Morgan fingerprint density at radius 2 is 2.43 bits per heavy atom. The van der Waals surface area contributed by atoms with Gasteiger partial charge >= 0.3 is 0 Å². The molecule has 0 aliphatic rings. The lowest BCUT2D eigenvalue weighted by Gasteiger charge is -1.83. The van der Waals surface area contributed by atoms with E-state index in [0.29, 0.717) is 0 Å². The molecular weight excluding hydrogens is 86.1 g/mol. The number of nitriles is 1. The van der Waals surface area contributed by atoms with Gasteiger partial charge in [0, 0.05) is 6.08 Å². The van der Waals surface area contributed by atoms with Crippen LogP contribution in [0.25, 0.3) is 0 Å². The fourth-order valence-electron chi connectivity index (χ4n) is 0.212. The van der Waals surface area contributed by atoms with E-state index in [1.54, 1.807) is 6.08 Å². The van der Waals surface area contributed by atoms with Gasteiger partial charge in [0.05, 0.1) is 6.07 Å². The molecule has 0 fully saturated rings. The van der Waals surface area contributed by atoms with Gasteiger partial charge in [0.25, 0.3) is 0 Å². The predicted molar refractivity (Wildman–Crippen MR) is 29.7 cm³/mol. The van der Waals surface area contributed by atoms with E-state index in [2.05, 4.69) is 0 Å². The van der Waals surface area contributed by atoms with Crippen LogP contribution in [-0.4, -0.2) is 0 Å². The van der Waals surface area contributed by atoms with Gasteiger partial charge in [0.15, 0.2) is 0 Å². The van der Waals surface area contributed by atoms with E-state index in [4.69, 9.17) is 5.26 Å². The average molecular weight is 95.1 g/mol. The van der Waals surface area contributed by atoms with Gasteiger partial charge in [-0.2, -0.15) is 5.26 Å². The molecule has 0 atom stereocenters. The molecule has 0 bridgehead atoms. The van der Waals surface area contributed by atoms with Gasteiger partial charge in [0.1, 0.15) is 0 Å². The summed E-state index contributed by atoms with van der Waals surface area (Å²) in [6, 6.07) is 1.96. The summed E-state index contributed by atoms with van der Waals surface area (Å²) in [5.74, 6) is 0. The van der Waals surface area contributed by atoms with E-state index in [9.17, 15) is 0 Å². The molecule has 0 N–H and O–H groups in total. The molecule has 0 aromatic heterocycles. The number of hydrogen-bond donors (Lipinski definition) is 0. The maximum atomic E-state index is 8.04. The molecule has 1 nitrogen and oxygen atoms in total. The highest BCUT2D eigenvalue weighted by Crippen LogP contribution is 1.94. The highest BCUT2D eigenvalue weighted by Gasteiger charge is 1.76. The fourth-order valence-corrected chi connectivity index (χ4v) is 0.212.